The molecule has 0 N–H and O–H groups in total. The maximum absolute atomic E-state index is 13.0. The van der Waals surface area contributed by atoms with E-state index in [0.29, 0.717) is 52.4 Å². The van der Waals surface area contributed by atoms with Gasteiger partial charge in [-0.15, -0.1) is 0 Å². The highest BCUT2D eigenvalue weighted by Gasteiger charge is 2.43. The van der Waals surface area contributed by atoms with Crippen LogP contribution in [0.4, 0.5) is 0 Å². The molecule has 0 radical (unpaired) electrons. The second-order valence-corrected chi connectivity index (χ2v) is 7.62. The average molecular weight is 390 g/mol. The SMILES string of the molecule is CC(C)(C(=O)N1CCN(C=O)CC1)C(=O)N1CCN(C(=O)c2ccco2)CC1. The zero-order valence-corrected chi connectivity index (χ0v) is 16.3. The van der Waals surface area contributed by atoms with Gasteiger partial charge >= 0.3 is 0 Å². The molecule has 9 heteroatoms. The van der Waals surface area contributed by atoms with Gasteiger partial charge in [0.25, 0.3) is 5.91 Å². The lowest BCUT2D eigenvalue weighted by molar-refractivity contribution is -0.156. The maximum atomic E-state index is 13.0. The van der Waals surface area contributed by atoms with Gasteiger partial charge in [-0.25, -0.2) is 0 Å². The van der Waals surface area contributed by atoms with E-state index in [1.165, 1.54) is 6.26 Å². The third-order valence-electron chi connectivity index (χ3n) is 5.41. The molecule has 2 aliphatic heterocycles. The minimum absolute atomic E-state index is 0.194. The van der Waals surface area contributed by atoms with Crippen molar-refractivity contribution in [1.29, 1.82) is 0 Å². The van der Waals surface area contributed by atoms with Gasteiger partial charge in [-0.05, 0) is 26.0 Å². The molecule has 0 aromatic carbocycles. The van der Waals surface area contributed by atoms with Gasteiger partial charge < -0.3 is 24.0 Å². The molecule has 0 bridgehead atoms. The van der Waals surface area contributed by atoms with Crippen molar-refractivity contribution < 1.29 is 23.6 Å². The molecule has 0 unspecified atom stereocenters. The lowest BCUT2D eigenvalue weighted by Gasteiger charge is -2.40. The Morgan fingerprint density at radius 2 is 1.39 bits per heavy atom. The number of rotatable bonds is 4. The summed E-state index contributed by atoms with van der Waals surface area (Å²) in [6.45, 7) is 6.65. The molecule has 2 aliphatic rings. The Kier molecular flexibility index (Phi) is 5.71. The average Bonchev–Trinajstić information content (AvgIpc) is 3.27. The number of furan rings is 1. The Hall–Kier alpha value is -2.84. The smallest absolute Gasteiger partial charge is 0.289 e. The van der Waals surface area contributed by atoms with Gasteiger partial charge in [0.2, 0.25) is 18.2 Å². The van der Waals surface area contributed by atoms with Gasteiger partial charge in [0.15, 0.2) is 5.76 Å². The third kappa shape index (κ3) is 3.88. The summed E-state index contributed by atoms with van der Waals surface area (Å²) < 4.78 is 5.14. The monoisotopic (exact) mass is 390 g/mol. The Morgan fingerprint density at radius 1 is 0.893 bits per heavy atom. The van der Waals surface area contributed by atoms with Crippen molar-refractivity contribution in [3.8, 4) is 0 Å². The van der Waals surface area contributed by atoms with Crippen LogP contribution in [0.5, 0.6) is 0 Å². The van der Waals surface area contributed by atoms with Crippen molar-refractivity contribution >= 4 is 24.1 Å². The van der Waals surface area contributed by atoms with E-state index in [4.69, 9.17) is 4.42 Å². The van der Waals surface area contributed by atoms with Crippen molar-refractivity contribution in [1.82, 2.24) is 19.6 Å². The van der Waals surface area contributed by atoms with Crippen LogP contribution in [0, 0.1) is 5.41 Å². The van der Waals surface area contributed by atoms with Crippen LogP contribution in [-0.4, -0.2) is 96.1 Å². The number of carbonyl (C=O) groups excluding carboxylic acids is 4. The van der Waals surface area contributed by atoms with Crippen LogP contribution >= 0.6 is 0 Å². The fraction of sp³-hybridized carbons (Fsp3) is 0.579. The Balaban J connectivity index is 1.56. The zero-order chi connectivity index (χ0) is 20.3. The van der Waals surface area contributed by atoms with Crippen molar-refractivity contribution in [2.45, 2.75) is 13.8 Å². The fourth-order valence-electron chi connectivity index (χ4n) is 3.58. The standard InChI is InChI=1S/C19H26N4O5/c1-19(2,17(26)22-7-5-20(14-24)6-8-22)18(27)23-11-9-21(10-12-23)16(25)15-4-3-13-28-15/h3-4,13-14H,5-12H2,1-2H3. The van der Waals surface area contributed by atoms with E-state index in [-0.39, 0.29) is 23.5 Å². The van der Waals surface area contributed by atoms with Crippen molar-refractivity contribution in [3.05, 3.63) is 24.2 Å². The summed E-state index contributed by atoms with van der Waals surface area (Å²) in [6.07, 6.45) is 2.23. The molecule has 3 heterocycles. The summed E-state index contributed by atoms with van der Waals surface area (Å²) in [5, 5.41) is 0. The molecule has 2 saturated heterocycles. The molecular weight excluding hydrogens is 364 g/mol. The van der Waals surface area contributed by atoms with Gasteiger partial charge in [0, 0.05) is 52.4 Å². The van der Waals surface area contributed by atoms with Gasteiger partial charge in [0.1, 0.15) is 5.41 Å². The van der Waals surface area contributed by atoms with E-state index in [2.05, 4.69) is 0 Å². The molecule has 4 amide bonds. The first-order chi connectivity index (χ1) is 13.3. The highest BCUT2D eigenvalue weighted by molar-refractivity contribution is 6.04. The number of nitrogens with zero attached hydrogens (tertiary/aromatic N) is 4. The Bertz CT molecular complexity index is 730. The summed E-state index contributed by atoms with van der Waals surface area (Å²) in [5.41, 5.74) is -1.18. The minimum Gasteiger partial charge on any atom is -0.459 e. The van der Waals surface area contributed by atoms with Crippen molar-refractivity contribution in [2.75, 3.05) is 52.4 Å². The number of carbonyl (C=O) groups is 4. The molecule has 152 valence electrons. The van der Waals surface area contributed by atoms with E-state index >= 15 is 0 Å². The van der Waals surface area contributed by atoms with Crippen LogP contribution in [0.1, 0.15) is 24.4 Å². The normalized spacial score (nSPS) is 18.2. The predicted octanol–water partition coefficient (Wildman–Crippen LogP) is -0.109. The van der Waals surface area contributed by atoms with Crippen LogP contribution in [-0.2, 0) is 14.4 Å². The van der Waals surface area contributed by atoms with Gasteiger partial charge in [-0.3, -0.25) is 19.2 Å². The molecule has 0 spiro atoms. The Morgan fingerprint density at radius 3 is 1.86 bits per heavy atom. The maximum Gasteiger partial charge on any atom is 0.289 e. The second-order valence-electron chi connectivity index (χ2n) is 7.62. The number of hydrogen-bond donors (Lipinski definition) is 0. The van der Waals surface area contributed by atoms with Crippen LogP contribution in [0.3, 0.4) is 0 Å². The molecule has 0 saturated carbocycles. The van der Waals surface area contributed by atoms with E-state index in [1.807, 2.05) is 0 Å². The van der Waals surface area contributed by atoms with Crippen LogP contribution in [0.15, 0.2) is 22.8 Å². The zero-order valence-electron chi connectivity index (χ0n) is 16.3. The fourth-order valence-corrected chi connectivity index (χ4v) is 3.58. The molecular formula is C19H26N4O5. The van der Waals surface area contributed by atoms with Gasteiger partial charge in [0.05, 0.1) is 6.26 Å². The summed E-state index contributed by atoms with van der Waals surface area (Å²) in [6, 6.07) is 3.28. The topological polar surface area (TPSA) is 94.4 Å². The quantitative estimate of drug-likeness (QED) is 0.528. The molecule has 2 fully saturated rings. The minimum atomic E-state index is -1.18. The third-order valence-corrected chi connectivity index (χ3v) is 5.41. The first kappa shape index (κ1) is 19.9. The van der Waals surface area contributed by atoms with Crippen LogP contribution < -0.4 is 0 Å². The molecule has 28 heavy (non-hydrogen) atoms. The summed E-state index contributed by atoms with van der Waals surface area (Å²) in [5.74, 6) is -0.372. The molecule has 9 nitrogen and oxygen atoms in total. The van der Waals surface area contributed by atoms with E-state index < -0.39 is 5.41 Å². The van der Waals surface area contributed by atoms with E-state index in [1.54, 1.807) is 45.6 Å². The Labute approximate surface area is 163 Å². The first-order valence-electron chi connectivity index (χ1n) is 9.45. The van der Waals surface area contributed by atoms with Crippen molar-refractivity contribution in [3.63, 3.8) is 0 Å². The second kappa shape index (κ2) is 8.04. The largest absolute Gasteiger partial charge is 0.459 e. The van der Waals surface area contributed by atoms with Crippen molar-refractivity contribution in [2.24, 2.45) is 5.41 Å². The van der Waals surface area contributed by atoms with E-state index in [9.17, 15) is 19.2 Å². The molecule has 1 aromatic rings. The van der Waals surface area contributed by atoms with Gasteiger partial charge in [-0.2, -0.15) is 0 Å². The number of hydrogen-bond acceptors (Lipinski definition) is 5. The molecule has 0 aliphatic carbocycles. The van der Waals surface area contributed by atoms with Crippen LogP contribution in [0.25, 0.3) is 0 Å². The first-order valence-corrected chi connectivity index (χ1v) is 9.45. The molecule has 0 atom stereocenters. The number of piperazine rings is 2. The lowest BCUT2D eigenvalue weighted by Crippen LogP contribution is -2.58. The molecule has 1 aromatic heterocycles. The summed E-state index contributed by atoms with van der Waals surface area (Å²) in [4.78, 5) is 55.7. The summed E-state index contributed by atoms with van der Waals surface area (Å²) >= 11 is 0. The lowest BCUT2D eigenvalue weighted by atomic mass is 9.89. The van der Waals surface area contributed by atoms with Crippen LogP contribution in [0.2, 0.25) is 0 Å². The highest BCUT2D eigenvalue weighted by Crippen LogP contribution is 2.24. The summed E-state index contributed by atoms with van der Waals surface area (Å²) in [7, 11) is 0. The molecule has 3 rings (SSSR count). The van der Waals surface area contributed by atoms with Gasteiger partial charge in [-0.1, -0.05) is 0 Å². The highest BCUT2D eigenvalue weighted by atomic mass is 16.3. The number of amides is 4. The predicted molar refractivity (Wildman–Crippen MR) is 99.2 cm³/mol. The van der Waals surface area contributed by atoms with E-state index in [0.717, 1.165) is 6.41 Å².